The smallest absolute Gasteiger partial charge is 0.327 e. The van der Waals surface area contributed by atoms with Gasteiger partial charge in [-0.15, -0.1) is 0 Å². The van der Waals surface area contributed by atoms with Crippen molar-refractivity contribution in [2.45, 2.75) is 13.0 Å². The Bertz CT molecular complexity index is 396. The summed E-state index contributed by atoms with van der Waals surface area (Å²) in [6.07, 6.45) is 3.19. The molecule has 6 nitrogen and oxygen atoms in total. The van der Waals surface area contributed by atoms with Gasteiger partial charge in [0.15, 0.2) is 5.82 Å². The number of aryl methyl sites for hydroxylation is 1. The highest BCUT2D eigenvalue weighted by Gasteiger charge is 2.30. The third-order valence-electron chi connectivity index (χ3n) is 2.66. The van der Waals surface area contributed by atoms with E-state index in [1.165, 1.54) is 0 Å². The summed E-state index contributed by atoms with van der Waals surface area (Å²) in [6.45, 7) is 3.67. The Labute approximate surface area is 93.3 Å². The van der Waals surface area contributed by atoms with Crippen molar-refractivity contribution in [3.63, 3.8) is 0 Å². The first-order valence-corrected chi connectivity index (χ1v) is 5.18. The molecule has 1 aromatic rings. The van der Waals surface area contributed by atoms with Crippen LogP contribution in [0.15, 0.2) is 12.4 Å². The third kappa shape index (κ3) is 1.96. The van der Waals surface area contributed by atoms with Crippen LogP contribution in [-0.4, -0.2) is 46.7 Å². The Morgan fingerprint density at radius 3 is 3.00 bits per heavy atom. The van der Waals surface area contributed by atoms with Crippen LogP contribution in [0, 0.1) is 6.92 Å². The molecule has 2 heterocycles. The number of hydrogen-bond acceptors (Lipinski definition) is 5. The standard InChI is InChI=1S/C10H14N4O2/c1-7-9(13-3-2-12-7)14-5-4-11-6-8(14)10(15)16/h2-3,8,11H,4-6H2,1H3,(H,15,16). The van der Waals surface area contributed by atoms with E-state index in [0.29, 0.717) is 18.9 Å². The molecule has 1 aliphatic heterocycles. The molecule has 1 unspecified atom stereocenters. The molecule has 0 aromatic carbocycles. The van der Waals surface area contributed by atoms with Crippen LogP contribution in [-0.2, 0) is 4.79 Å². The van der Waals surface area contributed by atoms with Gasteiger partial charge < -0.3 is 15.3 Å². The van der Waals surface area contributed by atoms with Gasteiger partial charge in [-0.1, -0.05) is 0 Å². The first kappa shape index (κ1) is 10.8. The van der Waals surface area contributed by atoms with Gasteiger partial charge in [0.25, 0.3) is 0 Å². The number of nitrogens with zero attached hydrogens (tertiary/aromatic N) is 3. The Balaban J connectivity index is 2.30. The van der Waals surface area contributed by atoms with Gasteiger partial charge in [-0.2, -0.15) is 0 Å². The minimum atomic E-state index is -0.836. The zero-order chi connectivity index (χ0) is 11.5. The summed E-state index contributed by atoms with van der Waals surface area (Å²) >= 11 is 0. The molecule has 1 saturated heterocycles. The molecule has 0 bridgehead atoms. The molecule has 0 spiro atoms. The van der Waals surface area contributed by atoms with Gasteiger partial charge in [0, 0.05) is 32.0 Å². The maximum Gasteiger partial charge on any atom is 0.327 e. The molecule has 1 aliphatic rings. The van der Waals surface area contributed by atoms with Gasteiger partial charge in [0.2, 0.25) is 0 Å². The van der Waals surface area contributed by atoms with Gasteiger partial charge in [0.05, 0.1) is 5.69 Å². The third-order valence-corrected chi connectivity index (χ3v) is 2.66. The van der Waals surface area contributed by atoms with Crippen molar-refractivity contribution in [2.24, 2.45) is 0 Å². The van der Waals surface area contributed by atoms with Crippen molar-refractivity contribution in [3.05, 3.63) is 18.1 Å². The number of carboxylic acids is 1. The Morgan fingerprint density at radius 1 is 1.56 bits per heavy atom. The molecule has 1 fully saturated rings. The summed E-state index contributed by atoms with van der Waals surface area (Å²) in [5.41, 5.74) is 0.760. The number of carbonyl (C=O) groups is 1. The normalized spacial score (nSPS) is 20.8. The predicted octanol–water partition coefficient (Wildman–Crippen LogP) is -0.352. The van der Waals surface area contributed by atoms with Gasteiger partial charge in [0.1, 0.15) is 6.04 Å². The van der Waals surface area contributed by atoms with Crippen LogP contribution < -0.4 is 10.2 Å². The Morgan fingerprint density at radius 2 is 2.31 bits per heavy atom. The molecule has 86 valence electrons. The topological polar surface area (TPSA) is 78.4 Å². The zero-order valence-corrected chi connectivity index (χ0v) is 9.05. The maximum absolute atomic E-state index is 11.1. The van der Waals surface area contributed by atoms with Crippen LogP contribution in [0.4, 0.5) is 5.82 Å². The maximum atomic E-state index is 11.1. The molecule has 0 saturated carbocycles. The van der Waals surface area contributed by atoms with E-state index in [9.17, 15) is 4.79 Å². The fourth-order valence-corrected chi connectivity index (χ4v) is 1.86. The van der Waals surface area contributed by atoms with E-state index in [2.05, 4.69) is 15.3 Å². The molecule has 6 heteroatoms. The SMILES string of the molecule is Cc1nccnc1N1CCNCC1C(=O)O. The largest absolute Gasteiger partial charge is 0.480 e. The van der Waals surface area contributed by atoms with Crippen LogP contribution >= 0.6 is 0 Å². The van der Waals surface area contributed by atoms with Crippen LogP contribution in [0.1, 0.15) is 5.69 Å². The Hall–Kier alpha value is -1.69. The molecular weight excluding hydrogens is 208 g/mol. The van der Waals surface area contributed by atoms with Gasteiger partial charge in [-0.25, -0.2) is 9.78 Å². The van der Waals surface area contributed by atoms with E-state index in [1.807, 2.05) is 6.92 Å². The molecule has 2 N–H and O–H groups in total. The van der Waals surface area contributed by atoms with Crippen molar-refractivity contribution in [1.82, 2.24) is 15.3 Å². The van der Waals surface area contributed by atoms with Crippen molar-refractivity contribution >= 4 is 11.8 Å². The molecule has 1 aromatic heterocycles. The van der Waals surface area contributed by atoms with Gasteiger partial charge in [-0.3, -0.25) is 4.98 Å². The number of aliphatic carboxylic acids is 1. The molecule has 0 radical (unpaired) electrons. The van der Waals surface area contributed by atoms with Crippen LogP contribution in [0.2, 0.25) is 0 Å². The minimum absolute atomic E-state index is 0.436. The molecule has 1 atom stereocenters. The molecule has 2 rings (SSSR count). The number of anilines is 1. The summed E-state index contributed by atoms with van der Waals surface area (Å²) in [5, 5.41) is 12.2. The number of hydrogen-bond donors (Lipinski definition) is 2. The highest BCUT2D eigenvalue weighted by molar-refractivity contribution is 5.78. The summed E-state index contributed by atoms with van der Waals surface area (Å²) in [4.78, 5) is 21.2. The van der Waals surface area contributed by atoms with Crippen molar-refractivity contribution in [2.75, 3.05) is 24.5 Å². The Kier molecular flexibility index (Phi) is 3.00. The summed E-state index contributed by atoms with van der Waals surface area (Å²) in [7, 11) is 0. The van der Waals surface area contributed by atoms with Crippen molar-refractivity contribution in [3.8, 4) is 0 Å². The second-order valence-corrected chi connectivity index (χ2v) is 3.72. The van der Waals surface area contributed by atoms with E-state index in [4.69, 9.17) is 5.11 Å². The van der Waals surface area contributed by atoms with E-state index >= 15 is 0 Å². The number of aromatic nitrogens is 2. The second kappa shape index (κ2) is 4.44. The highest BCUT2D eigenvalue weighted by Crippen LogP contribution is 2.18. The van der Waals surface area contributed by atoms with Gasteiger partial charge >= 0.3 is 5.97 Å². The average Bonchev–Trinajstić information content (AvgIpc) is 2.29. The van der Waals surface area contributed by atoms with Gasteiger partial charge in [-0.05, 0) is 6.92 Å². The van der Waals surface area contributed by atoms with Crippen molar-refractivity contribution in [1.29, 1.82) is 0 Å². The summed E-state index contributed by atoms with van der Waals surface area (Å²) < 4.78 is 0. The molecule has 16 heavy (non-hydrogen) atoms. The van der Waals surface area contributed by atoms with E-state index < -0.39 is 12.0 Å². The fraction of sp³-hybridized carbons (Fsp3) is 0.500. The minimum Gasteiger partial charge on any atom is -0.480 e. The monoisotopic (exact) mass is 222 g/mol. The van der Waals surface area contributed by atoms with Crippen LogP contribution in [0.3, 0.4) is 0 Å². The lowest BCUT2D eigenvalue weighted by Crippen LogP contribution is -2.55. The van der Waals surface area contributed by atoms with E-state index in [1.54, 1.807) is 17.3 Å². The quantitative estimate of drug-likeness (QED) is 0.712. The zero-order valence-electron chi connectivity index (χ0n) is 9.05. The first-order chi connectivity index (χ1) is 7.70. The van der Waals surface area contributed by atoms with Crippen molar-refractivity contribution < 1.29 is 9.90 Å². The number of rotatable bonds is 2. The number of piperazine rings is 1. The fourth-order valence-electron chi connectivity index (χ4n) is 1.86. The number of carboxylic acid groups (broad SMARTS) is 1. The summed E-state index contributed by atoms with van der Waals surface area (Å²) in [5.74, 6) is -0.173. The first-order valence-electron chi connectivity index (χ1n) is 5.18. The molecule has 0 aliphatic carbocycles. The van der Waals surface area contributed by atoms with Crippen LogP contribution in [0.5, 0.6) is 0 Å². The predicted molar refractivity (Wildman–Crippen MR) is 58.4 cm³/mol. The molecular formula is C10H14N4O2. The lowest BCUT2D eigenvalue weighted by atomic mass is 10.2. The van der Waals surface area contributed by atoms with E-state index in [0.717, 1.165) is 12.2 Å². The molecule has 0 amide bonds. The number of nitrogens with one attached hydrogen (secondary N) is 1. The average molecular weight is 222 g/mol. The lowest BCUT2D eigenvalue weighted by Gasteiger charge is -2.34. The lowest BCUT2D eigenvalue weighted by molar-refractivity contribution is -0.138. The van der Waals surface area contributed by atoms with E-state index in [-0.39, 0.29) is 0 Å². The highest BCUT2D eigenvalue weighted by atomic mass is 16.4. The summed E-state index contributed by atoms with van der Waals surface area (Å²) in [6, 6.07) is -0.566. The van der Waals surface area contributed by atoms with Crippen LogP contribution in [0.25, 0.3) is 0 Å². The second-order valence-electron chi connectivity index (χ2n) is 3.72.